The third-order valence-corrected chi connectivity index (χ3v) is 0.697. The van der Waals surface area contributed by atoms with Crippen LogP contribution < -0.4 is 0 Å². The molecule has 0 aliphatic rings. The van der Waals surface area contributed by atoms with Crippen molar-refractivity contribution in [2.75, 3.05) is 0 Å². The van der Waals surface area contributed by atoms with E-state index in [1.165, 1.54) is 6.08 Å². The van der Waals surface area contributed by atoms with Gasteiger partial charge in [-0.05, 0) is 12.3 Å². The Bertz CT molecular complexity index is 55.2. The molecule has 42 valence electrons. The van der Waals surface area contributed by atoms with Crippen molar-refractivity contribution < 1.29 is 4.39 Å². The Morgan fingerprint density at radius 2 is 2.14 bits per heavy atom. The predicted octanol–water partition coefficient (Wildman–Crippen LogP) is 2.52. The van der Waals surface area contributed by atoms with Crippen LogP contribution in [0.1, 0.15) is 20.3 Å². The highest BCUT2D eigenvalue weighted by Crippen LogP contribution is 1.98. The van der Waals surface area contributed by atoms with Gasteiger partial charge in [0, 0.05) is 0 Å². The number of halogens is 1. The van der Waals surface area contributed by atoms with Crippen molar-refractivity contribution in [1.82, 2.24) is 0 Å². The molecule has 0 fully saturated rings. The van der Waals surface area contributed by atoms with E-state index in [-0.39, 0.29) is 0 Å². The van der Waals surface area contributed by atoms with Crippen molar-refractivity contribution in [2.45, 2.75) is 20.3 Å². The SMILES string of the molecule is CC(C)C/C=C\F. The zero-order chi connectivity index (χ0) is 5.70. The lowest BCUT2D eigenvalue weighted by Crippen LogP contribution is -1.79. The van der Waals surface area contributed by atoms with Gasteiger partial charge in [0.2, 0.25) is 0 Å². The highest BCUT2D eigenvalue weighted by molar-refractivity contribution is 4.72. The van der Waals surface area contributed by atoms with Gasteiger partial charge in [-0.15, -0.1) is 0 Å². The van der Waals surface area contributed by atoms with Gasteiger partial charge >= 0.3 is 0 Å². The minimum Gasteiger partial charge on any atom is -0.216 e. The molecule has 0 aliphatic heterocycles. The standard InChI is InChI=1S/C6H11F/c1-6(2)4-3-5-7/h3,5-6H,4H2,1-2H3/b5-3-. The fourth-order valence-corrected chi connectivity index (χ4v) is 0.324. The lowest BCUT2D eigenvalue weighted by molar-refractivity contribution is 0.644. The maximum Gasteiger partial charge on any atom is 0.0827 e. The van der Waals surface area contributed by atoms with E-state index in [1.807, 2.05) is 0 Å². The van der Waals surface area contributed by atoms with Crippen molar-refractivity contribution in [1.29, 1.82) is 0 Å². The molecular formula is C6H11F. The van der Waals surface area contributed by atoms with Gasteiger partial charge in [0.05, 0.1) is 6.33 Å². The van der Waals surface area contributed by atoms with Crippen LogP contribution in [0.5, 0.6) is 0 Å². The molecule has 0 bridgehead atoms. The van der Waals surface area contributed by atoms with Crippen LogP contribution in [-0.2, 0) is 0 Å². The summed E-state index contributed by atoms with van der Waals surface area (Å²) in [7, 11) is 0. The summed E-state index contributed by atoms with van der Waals surface area (Å²) in [6.45, 7) is 4.11. The summed E-state index contributed by atoms with van der Waals surface area (Å²) < 4.78 is 11.2. The zero-order valence-electron chi connectivity index (χ0n) is 4.82. The van der Waals surface area contributed by atoms with Crippen LogP contribution in [0.15, 0.2) is 12.4 Å². The first-order valence-electron chi connectivity index (χ1n) is 2.52. The summed E-state index contributed by atoms with van der Waals surface area (Å²) >= 11 is 0. The lowest BCUT2D eigenvalue weighted by Gasteiger charge is -1.92. The van der Waals surface area contributed by atoms with Crippen LogP contribution >= 0.6 is 0 Å². The minimum absolute atomic E-state index is 0.576. The molecule has 0 atom stereocenters. The van der Waals surface area contributed by atoms with Crippen LogP contribution in [0.4, 0.5) is 4.39 Å². The van der Waals surface area contributed by atoms with E-state index in [0.717, 1.165) is 6.42 Å². The number of hydrogen-bond acceptors (Lipinski definition) is 0. The Labute approximate surface area is 44.0 Å². The molecule has 0 amide bonds. The molecule has 1 heteroatoms. The van der Waals surface area contributed by atoms with E-state index in [2.05, 4.69) is 13.8 Å². The second kappa shape index (κ2) is 3.85. The molecule has 7 heavy (non-hydrogen) atoms. The summed E-state index contributed by atoms with van der Waals surface area (Å²) in [5.41, 5.74) is 0. The third kappa shape index (κ3) is 5.67. The van der Waals surface area contributed by atoms with Gasteiger partial charge in [-0.3, -0.25) is 0 Å². The fraction of sp³-hybridized carbons (Fsp3) is 0.667. The van der Waals surface area contributed by atoms with Crippen molar-refractivity contribution in [3.8, 4) is 0 Å². The first-order chi connectivity index (χ1) is 3.27. The molecule has 0 saturated carbocycles. The summed E-state index contributed by atoms with van der Waals surface area (Å²) in [5, 5.41) is 0. The molecule has 0 heterocycles. The highest BCUT2D eigenvalue weighted by atomic mass is 19.1. The minimum atomic E-state index is 0.576. The molecule has 0 nitrogen and oxygen atoms in total. The zero-order valence-corrected chi connectivity index (χ0v) is 4.82. The first-order valence-corrected chi connectivity index (χ1v) is 2.52. The molecule has 0 radical (unpaired) electrons. The van der Waals surface area contributed by atoms with Crippen molar-refractivity contribution in [3.63, 3.8) is 0 Å². The monoisotopic (exact) mass is 102 g/mol. The molecule has 0 spiro atoms. The Hall–Kier alpha value is -0.330. The average molecular weight is 102 g/mol. The van der Waals surface area contributed by atoms with E-state index in [9.17, 15) is 4.39 Å². The maximum absolute atomic E-state index is 11.2. The van der Waals surface area contributed by atoms with E-state index in [4.69, 9.17) is 0 Å². The molecular weight excluding hydrogens is 91.1 g/mol. The van der Waals surface area contributed by atoms with E-state index in [0.29, 0.717) is 12.2 Å². The van der Waals surface area contributed by atoms with Crippen LogP contribution in [0.2, 0.25) is 0 Å². The average Bonchev–Trinajstić information content (AvgIpc) is 1.61. The quantitative estimate of drug-likeness (QED) is 0.502. The third-order valence-electron chi connectivity index (χ3n) is 0.697. The van der Waals surface area contributed by atoms with Crippen molar-refractivity contribution in [3.05, 3.63) is 12.4 Å². The van der Waals surface area contributed by atoms with Gasteiger partial charge in [0.15, 0.2) is 0 Å². The summed E-state index contributed by atoms with van der Waals surface area (Å²) in [6.07, 6.45) is 2.97. The molecule has 0 rings (SSSR count). The number of rotatable bonds is 2. The van der Waals surface area contributed by atoms with Crippen LogP contribution in [0.25, 0.3) is 0 Å². The van der Waals surface area contributed by atoms with Crippen LogP contribution in [-0.4, -0.2) is 0 Å². The van der Waals surface area contributed by atoms with Gasteiger partial charge in [-0.25, -0.2) is 4.39 Å². The second-order valence-electron chi connectivity index (χ2n) is 1.99. The predicted molar refractivity (Wildman–Crippen MR) is 29.7 cm³/mol. The first kappa shape index (κ1) is 6.67. The van der Waals surface area contributed by atoms with Crippen molar-refractivity contribution in [2.24, 2.45) is 5.92 Å². The van der Waals surface area contributed by atoms with E-state index < -0.39 is 0 Å². The molecule has 0 unspecified atom stereocenters. The second-order valence-corrected chi connectivity index (χ2v) is 1.99. The lowest BCUT2D eigenvalue weighted by atomic mass is 10.1. The molecule has 0 aromatic rings. The van der Waals surface area contributed by atoms with Crippen molar-refractivity contribution >= 4 is 0 Å². The number of hydrogen-bond donors (Lipinski definition) is 0. The van der Waals surface area contributed by atoms with Gasteiger partial charge in [-0.1, -0.05) is 19.9 Å². The van der Waals surface area contributed by atoms with E-state index >= 15 is 0 Å². The molecule has 0 aromatic heterocycles. The molecule has 0 aliphatic carbocycles. The van der Waals surface area contributed by atoms with E-state index in [1.54, 1.807) is 0 Å². The van der Waals surface area contributed by atoms with Gasteiger partial charge in [-0.2, -0.15) is 0 Å². The Morgan fingerprint density at radius 3 is 2.29 bits per heavy atom. The fourth-order valence-electron chi connectivity index (χ4n) is 0.324. The summed E-state index contributed by atoms with van der Waals surface area (Å²) in [4.78, 5) is 0. The maximum atomic E-state index is 11.2. The highest BCUT2D eigenvalue weighted by Gasteiger charge is 1.84. The molecule has 0 saturated heterocycles. The Kier molecular flexibility index (Phi) is 3.67. The number of allylic oxidation sites excluding steroid dienone is 1. The molecule has 0 N–H and O–H groups in total. The smallest absolute Gasteiger partial charge is 0.0827 e. The largest absolute Gasteiger partial charge is 0.216 e. The van der Waals surface area contributed by atoms with Crippen LogP contribution in [0.3, 0.4) is 0 Å². The van der Waals surface area contributed by atoms with Gasteiger partial charge in [0.25, 0.3) is 0 Å². The topological polar surface area (TPSA) is 0 Å². The Morgan fingerprint density at radius 1 is 1.57 bits per heavy atom. The van der Waals surface area contributed by atoms with Gasteiger partial charge in [0.1, 0.15) is 0 Å². The summed E-state index contributed by atoms with van der Waals surface area (Å²) in [6, 6.07) is 0. The normalized spacial score (nSPS) is 11.4. The van der Waals surface area contributed by atoms with Gasteiger partial charge < -0.3 is 0 Å². The van der Waals surface area contributed by atoms with Crippen LogP contribution in [0, 0.1) is 5.92 Å². The molecule has 0 aromatic carbocycles. The Balaban J connectivity index is 2.97. The summed E-state index contributed by atoms with van der Waals surface area (Å²) in [5.74, 6) is 0.576.